The van der Waals surface area contributed by atoms with Crippen LogP contribution in [-0.2, 0) is 0 Å². The highest BCUT2D eigenvalue weighted by Gasteiger charge is 2.20. The number of hydrogen-bond acceptors (Lipinski definition) is 4. The van der Waals surface area contributed by atoms with Crippen molar-refractivity contribution in [1.82, 2.24) is 4.31 Å². The molecule has 1 atom stereocenters. The molecule has 0 amide bonds. The maximum absolute atomic E-state index is 12.0. The van der Waals surface area contributed by atoms with Crippen molar-refractivity contribution in [3.63, 3.8) is 0 Å². The van der Waals surface area contributed by atoms with Crippen LogP contribution in [0, 0.1) is 11.3 Å². The van der Waals surface area contributed by atoms with Crippen LogP contribution in [0.4, 0.5) is 4.53 Å². The Morgan fingerprint density at radius 1 is 1.59 bits per heavy atom. The van der Waals surface area contributed by atoms with Crippen molar-refractivity contribution in [3.8, 4) is 5.75 Å². The monoisotopic (exact) mass is 254 g/mol. The van der Waals surface area contributed by atoms with E-state index in [2.05, 4.69) is 16.2 Å². The summed E-state index contributed by atoms with van der Waals surface area (Å²) in [6.07, 6.45) is 2.43. The lowest BCUT2D eigenvalue weighted by Gasteiger charge is -2.15. The third-order valence-corrected chi connectivity index (χ3v) is 4.00. The third-order valence-electron chi connectivity index (χ3n) is 2.84. The molecule has 1 N–H and O–H groups in total. The highest BCUT2D eigenvalue weighted by atomic mass is 32.2. The topological polar surface area (TPSA) is 36.3 Å². The second kappa shape index (κ2) is 5.51. The van der Waals surface area contributed by atoms with Gasteiger partial charge in [0.15, 0.2) is 5.75 Å². The molecule has 0 aromatic heterocycles. The molecule has 92 valence electrons. The molecule has 3 nitrogen and oxygen atoms in total. The largest absolute Gasteiger partial charge is 0.308 e. The Bertz CT molecular complexity index is 413. The molecule has 2 rings (SSSR count). The summed E-state index contributed by atoms with van der Waals surface area (Å²) in [7, 11) is 0. The molecule has 17 heavy (non-hydrogen) atoms. The number of nitrogens with one attached hydrogen (secondary N) is 1. The minimum Gasteiger partial charge on any atom is -0.308 e. The molecule has 1 aromatic rings. The molecular formula is C12H15FN2OS. The normalized spacial score (nSPS) is 20.5. The molecule has 1 aliphatic heterocycles. The lowest BCUT2D eigenvalue weighted by molar-refractivity contribution is -0.00627. The zero-order chi connectivity index (χ0) is 12.3. The van der Waals surface area contributed by atoms with Crippen LogP contribution in [-0.4, -0.2) is 23.6 Å². The molecule has 0 saturated carbocycles. The Morgan fingerprint density at radius 2 is 2.41 bits per heavy atom. The van der Waals surface area contributed by atoms with Gasteiger partial charge in [-0.05, 0) is 42.5 Å². The number of halogens is 1. The molecule has 1 saturated heterocycles. The van der Waals surface area contributed by atoms with E-state index in [1.807, 2.05) is 0 Å². The average Bonchev–Trinajstić information content (AvgIpc) is 2.75. The molecule has 0 radical (unpaired) electrons. The summed E-state index contributed by atoms with van der Waals surface area (Å²) in [5.74, 6) is 0.863. The van der Waals surface area contributed by atoms with Crippen molar-refractivity contribution in [2.24, 2.45) is 5.92 Å². The van der Waals surface area contributed by atoms with Gasteiger partial charge in [-0.15, -0.1) is 0 Å². The van der Waals surface area contributed by atoms with E-state index in [4.69, 9.17) is 5.41 Å². The molecule has 1 aromatic carbocycles. The van der Waals surface area contributed by atoms with E-state index in [1.54, 1.807) is 24.1 Å². The molecular weight excluding hydrogens is 239 g/mol. The Labute approximate surface area is 104 Å². The number of hydrogen-bond donors (Lipinski definition) is 1. The lowest BCUT2D eigenvalue weighted by atomic mass is 10.2. The summed E-state index contributed by atoms with van der Waals surface area (Å²) in [5, 5.41) is 7.34. The zero-order valence-electron chi connectivity index (χ0n) is 9.65. The van der Waals surface area contributed by atoms with Crippen molar-refractivity contribution in [2.45, 2.75) is 18.2 Å². The Kier molecular flexibility index (Phi) is 4.02. The molecule has 1 heterocycles. The Morgan fingerprint density at radius 3 is 3.00 bits per heavy atom. The number of benzene rings is 1. The van der Waals surface area contributed by atoms with Gasteiger partial charge in [0.25, 0.3) is 0 Å². The van der Waals surface area contributed by atoms with Crippen molar-refractivity contribution in [3.05, 3.63) is 23.8 Å². The first kappa shape index (κ1) is 12.4. The first-order valence-electron chi connectivity index (χ1n) is 5.59. The van der Waals surface area contributed by atoms with E-state index in [1.165, 1.54) is 18.7 Å². The predicted octanol–water partition coefficient (Wildman–Crippen LogP) is 3.30. The van der Waals surface area contributed by atoms with Crippen molar-refractivity contribution in [1.29, 1.82) is 5.41 Å². The maximum atomic E-state index is 12.0. The smallest absolute Gasteiger partial charge is 0.172 e. The summed E-state index contributed by atoms with van der Waals surface area (Å²) >= 11 is 1.63. The molecule has 0 aliphatic carbocycles. The van der Waals surface area contributed by atoms with E-state index < -0.39 is 0 Å². The van der Waals surface area contributed by atoms with Gasteiger partial charge in [-0.1, -0.05) is 6.92 Å². The van der Waals surface area contributed by atoms with Gasteiger partial charge in [0.2, 0.25) is 0 Å². The Balaban J connectivity index is 2.12. The van der Waals surface area contributed by atoms with Gasteiger partial charge in [0.05, 0.1) is 0 Å². The summed E-state index contributed by atoms with van der Waals surface area (Å²) in [5.41, 5.74) is 0.685. The fourth-order valence-electron chi connectivity index (χ4n) is 1.89. The van der Waals surface area contributed by atoms with E-state index in [9.17, 15) is 4.53 Å². The second-order valence-electron chi connectivity index (χ2n) is 4.29. The fraction of sp³-hybridized carbons (Fsp3) is 0.417. The minimum absolute atomic E-state index is 0.141. The quantitative estimate of drug-likeness (QED) is 0.661. The highest BCUT2D eigenvalue weighted by molar-refractivity contribution is 7.97. The van der Waals surface area contributed by atoms with Gasteiger partial charge in [-0.25, -0.2) is 4.31 Å². The van der Waals surface area contributed by atoms with Gasteiger partial charge >= 0.3 is 0 Å². The van der Waals surface area contributed by atoms with Crippen LogP contribution >= 0.6 is 11.9 Å². The van der Waals surface area contributed by atoms with E-state index in [0.717, 1.165) is 23.9 Å². The van der Waals surface area contributed by atoms with Gasteiger partial charge < -0.3 is 5.41 Å². The second-order valence-corrected chi connectivity index (χ2v) is 5.43. The zero-order valence-corrected chi connectivity index (χ0v) is 10.5. The molecule has 0 spiro atoms. The van der Waals surface area contributed by atoms with Crippen LogP contribution in [0.1, 0.15) is 18.9 Å². The van der Waals surface area contributed by atoms with Crippen LogP contribution in [0.5, 0.6) is 5.75 Å². The minimum atomic E-state index is 0.141. The molecule has 1 aliphatic rings. The average molecular weight is 254 g/mol. The molecule has 1 fully saturated rings. The summed E-state index contributed by atoms with van der Waals surface area (Å²) in [6.45, 7) is 4.35. The number of rotatable bonds is 4. The molecule has 0 unspecified atom stereocenters. The molecule has 0 bridgehead atoms. The first-order valence-corrected chi connectivity index (χ1v) is 6.36. The van der Waals surface area contributed by atoms with Crippen LogP contribution in [0.3, 0.4) is 0 Å². The van der Waals surface area contributed by atoms with Gasteiger partial charge in [0.1, 0.15) is 0 Å². The van der Waals surface area contributed by atoms with Crippen LogP contribution in [0.15, 0.2) is 23.1 Å². The van der Waals surface area contributed by atoms with Crippen molar-refractivity contribution in [2.75, 3.05) is 13.1 Å². The van der Waals surface area contributed by atoms with Crippen molar-refractivity contribution < 1.29 is 9.47 Å². The SMILES string of the molecule is C[C@H]1CCN(Sc2ccc(OF)cc2C=N)C1. The van der Waals surface area contributed by atoms with Crippen LogP contribution in [0.25, 0.3) is 0 Å². The van der Waals surface area contributed by atoms with Crippen molar-refractivity contribution >= 4 is 18.2 Å². The fourth-order valence-corrected chi connectivity index (χ4v) is 3.04. The van der Waals surface area contributed by atoms with Crippen LogP contribution < -0.4 is 4.94 Å². The number of nitrogens with zero attached hydrogens (tertiary/aromatic N) is 1. The summed E-state index contributed by atoms with van der Waals surface area (Å²) in [6, 6.07) is 4.91. The lowest BCUT2D eigenvalue weighted by Crippen LogP contribution is -2.11. The van der Waals surface area contributed by atoms with E-state index in [-0.39, 0.29) is 5.75 Å². The first-order chi connectivity index (χ1) is 8.22. The predicted molar refractivity (Wildman–Crippen MR) is 67.3 cm³/mol. The Hall–Kier alpha value is -1.07. The van der Waals surface area contributed by atoms with Gasteiger partial charge in [-0.2, -0.15) is 0 Å². The van der Waals surface area contributed by atoms with Gasteiger partial charge in [-0.3, -0.25) is 4.94 Å². The van der Waals surface area contributed by atoms with E-state index >= 15 is 0 Å². The standard InChI is InChI=1S/C12H15FN2OS/c1-9-4-5-15(8-9)17-12-3-2-11(16-13)6-10(12)7-14/h2-3,6-7,9,14H,4-5,8H2,1H3/t9-/m0/s1. The summed E-state index contributed by atoms with van der Waals surface area (Å²) < 4.78 is 14.3. The van der Waals surface area contributed by atoms with E-state index in [0.29, 0.717) is 5.56 Å². The summed E-state index contributed by atoms with van der Waals surface area (Å²) in [4.78, 5) is 4.64. The molecule has 5 heteroatoms. The third kappa shape index (κ3) is 2.98. The maximum Gasteiger partial charge on any atom is 0.172 e. The highest BCUT2D eigenvalue weighted by Crippen LogP contribution is 2.32. The van der Waals surface area contributed by atoms with Gasteiger partial charge in [0, 0.05) is 34.3 Å². The van der Waals surface area contributed by atoms with Crippen LogP contribution in [0.2, 0.25) is 0 Å².